The molecule has 0 N–H and O–H groups in total. The molecule has 288 valence electrons. The molecule has 54 heavy (non-hydrogen) atoms. The van der Waals surface area contributed by atoms with Crippen molar-refractivity contribution in [2.45, 2.75) is 104 Å². The van der Waals surface area contributed by atoms with Gasteiger partial charge in [-0.15, -0.1) is 11.8 Å². The van der Waals surface area contributed by atoms with E-state index in [1.165, 1.54) is 0 Å². The van der Waals surface area contributed by atoms with Crippen LogP contribution < -0.4 is 18.9 Å². The Bertz CT molecular complexity index is 1920. The highest BCUT2D eigenvalue weighted by Crippen LogP contribution is 2.43. The van der Waals surface area contributed by atoms with E-state index in [1.807, 2.05) is 0 Å². The number of fused-ring (bicyclic) bond motifs is 8. The fourth-order valence-electron chi connectivity index (χ4n) is 7.43. The minimum absolute atomic E-state index is 0.128. The minimum atomic E-state index is 0.128. The van der Waals surface area contributed by atoms with Gasteiger partial charge in [0.1, 0.15) is 29.6 Å². The zero-order valence-corrected chi connectivity index (χ0v) is 34.3. The quantitative estimate of drug-likeness (QED) is 0.0994. The lowest BCUT2D eigenvalue weighted by Crippen LogP contribution is -2.13. The van der Waals surface area contributed by atoms with Gasteiger partial charge in [-0.1, -0.05) is 96.1 Å². The van der Waals surface area contributed by atoms with Crippen LogP contribution in [0.15, 0.2) is 70.6 Å². The first-order valence-corrected chi connectivity index (χ1v) is 21.4. The summed E-state index contributed by atoms with van der Waals surface area (Å²) in [6, 6.07) is 22.2. The van der Waals surface area contributed by atoms with Crippen LogP contribution in [-0.2, 0) is 30.4 Å². The van der Waals surface area contributed by atoms with Crippen LogP contribution in [0, 0.1) is 5.92 Å². The van der Waals surface area contributed by atoms with Crippen molar-refractivity contribution in [3.63, 3.8) is 0 Å². The Morgan fingerprint density at radius 1 is 0.611 bits per heavy atom. The van der Waals surface area contributed by atoms with E-state index < -0.39 is 0 Å². The van der Waals surface area contributed by atoms with Crippen LogP contribution >= 0.6 is 11.8 Å². The first-order valence-electron chi connectivity index (χ1n) is 20.2. The molecule has 4 aromatic carbocycles. The van der Waals surface area contributed by atoms with Gasteiger partial charge in [0.15, 0.2) is 0 Å². The topological polar surface area (TPSA) is 58.5 Å². The normalized spacial score (nSPS) is 15.1. The van der Waals surface area contributed by atoms with Gasteiger partial charge in [-0.25, -0.2) is 4.99 Å². The molecule has 0 radical (unpaired) electrons. The van der Waals surface area contributed by atoms with Gasteiger partial charge < -0.3 is 23.7 Å². The summed E-state index contributed by atoms with van der Waals surface area (Å²) in [6.45, 7) is 16.2. The van der Waals surface area contributed by atoms with E-state index in [2.05, 4.69) is 108 Å². The molecule has 7 heteroatoms. The molecule has 0 spiro atoms. The average Bonchev–Trinajstić information content (AvgIpc) is 3.67. The van der Waals surface area contributed by atoms with Crippen molar-refractivity contribution in [2.75, 3.05) is 39.3 Å². The van der Waals surface area contributed by atoms with Crippen LogP contribution in [0.1, 0.15) is 117 Å². The number of hydrogen-bond donors (Lipinski definition) is 0. The van der Waals surface area contributed by atoms with Crippen molar-refractivity contribution in [1.29, 1.82) is 0 Å². The van der Waals surface area contributed by atoms with Crippen LogP contribution in [0.4, 0.5) is 0 Å². The number of thioether (sulfide) groups is 1. The molecule has 1 aliphatic carbocycles. The van der Waals surface area contributed by atoms with E-state index in [-0.39, 0.29) is 6.04 Å². The lowest BCUT2D eigenvalue weighted by molar-refractivity contribution is 0.291. The second-order valence-electron chi connectivity index (χ2n) is 14.8. The fraction of sp³-hybridized carbons (Fsp3) is 0.468. The van der Waals surface area contributed by atoms with Crippen molar-refractivity contribution >= 4 is 17.7 Å². The summed E-state index contributed by atoms with van der Waals surface area (Å²) >= 11 is 1.74. The second kappa shape index (κ2) is 19.0. The maximum atomic E-state index is 6.86. The van der Waals surface area contributed by atoms with Gasteiger partial charge in [-0.3, -0.25) is 0 Å². The predicted octanol–water partition coefficient (Wildman–Crippen LogP) is 11.0. The first kappa shape index (κ1) is 39.6. The van der Waals surface area contributed by atoms with E-state index in [0.29, 0.717) is 64.6 Å². The lowest BCUT2D eigenvalue weighted by atomic mass is 9.90. The summed E-state index contributed by atoms with van der Waals surface area (Å²) in [6.07, 6.45) is 8.51. The molecule has 1 heterocycles. The number of benzene rings is 4. The molecule has 0 saturated carbocycles. The third kappa shape index (κ3) is 8.88. The molecule has 1 atom stereocenters. The molecule has 0 fully saturated rings. The third-order valence-electron chi connectivity index (χ3n) is 10.1. The van der Waals surface area contributed by atoms with Gasteiger partial charge in [0.25, 0.3) is 0 Å². The highest BCUT2D eigenvalue weighted by Gasteiger charge is 2.30. The van der Waals surface area contributed by atoms with Gasteiger partial charge in [-0.05, 0) is 82.9 Å². The molecule has 1 aliphatic heterocycles. The van der Waals surface area contributed by atoms with Crippen molar-refractivity contribution in [3.8, 4) is 23.0 Å². The summed E-state index contributed by atoms with van der Waals surface area (Å²) in [4.78, 5) is 6.31. The number of para-hydroxylation sites is 3. The fourth-order valence-corrected chi connectivity index (χ4v) is 8.21. The molecular formula is C47H59NO5S. The standard InChI is InChI=1S/C47H59NO5S/c1-8-21-49-42-32-15-12-16-33(42)26-35-18-14-20-37(44(35)51-23-10-3)28-39-45(52-24-11-4)38(27-36-19-13-17-34(25-32)43(36)50-22-9-2)29-40(46(39)54-7)47-48-41(30-53-47)31(5)6/h12-20,29,31,41H,8-11,21-28,30H2,1-7H3/t41-/m1/s1. The Morgan fingerprint density at radius 2 is 1.02 bits per heavy atom. The molecule has 0 saturated heterocycles. The van der Waals surface area contributed by atoms with Crippen LogP contribution in [0.25, 0.3) is 0 Å². The SMILES string of the molecule is CCCOc1c2cccc1Cc1cccc(c1OCCC)Cc1c(OCCC)c(cc(C3=N[C@@H](C(C)C)CO3)c1SC)Cc1cccc(c1OCCC)C2. The van der Waals surface area contributed by atoms with Gasteiger partial charge in [-0.2, -0.15) is 0 Å². The lowest BCUT2D eigenvalue weighted by Gasteiger charge is -2.25. The van der Waals surface area contributed by atoms with Gasteiger partial charge in [0.2, 0.25) is 5.90 Å². The average molecular weight is 750 g/mol. The Morgan fingerprint density at radius 3 is 1.41 bits per heavy atom. The van der Waals surface area contributed by atoms with Crippen molar-refractivity contribution in [1.82, 2.24) is 0 Å². The smallest absolute Gasteiger partial charge is 0.217 e. The summed E-state index contributed by atoms with van der Waals surface area (Å²) in [5.74, 6) is 4.93. The van der Waals surface area contributed by atoms with E-state index in [1.54, 1.807) is 11.8 Å². The van der Waals surface area contributed by atoms with Crippen LogP contribution in [0.5, 0.6) is 23.0 Å². The number of hydrogen-bond acceptors (Lipinski definition) is 7. The third-order valence-corrected chi connectivity index (χ3v) is 11.0. The van der Waals surface area contributed by atoms with E-state index in [4.69, 9.17) is 28.7 Å². The maximum Gasteiger partial charge on any atom is 0.217 e. The summed E-state index contributed by atoms with van der Waals surface area (Å²) < 4.78 is 33.3. The second-order valence-corrected chi connectivity index (χ2v) is 15.6. The van der Waals surface area contributed by atoms with E-state index >= 15 is 0 Å². The zero-order valence-electron chi connectivity index (χ0n) is 33.5. The molecule has 6 rings (SSSR count). The number of rotatable bonds is 15. The molecule has 0 aromatic heterocycles. The molecule has 6 nitrogen and oxygen atoms in total. The molecular weight excluding hydrogens is 691 g/mol. The minimum Gasteiger partial charge on any atom is -0.493 e. The van der Waals surface area contributed by atoms with Crippen LogP contribution in [-0.4, -0.2) is 51.2 Å². The number of ether oxygens (including phenoxy) is 5. The van der Waals surface area contributed by atoms with Crippen molar-refractivity contribution < 1.29 is 23.7 Å². The predicted molar refractivity (Wildman–Crippen MR) is 223 cm³/mol. The Balaban J connectivity index is 1.66. The summed E-state index contributed by atoms with van der Waals surface area (Å²) in [7, 11) is 0. The molecule has 0 amide bonds. The largest absolute Gasteiger partial charge is 0.493 e. The van der Waals surface area contributed by atoms with Crippen LogP contribution in [0.3, 0.4) is 0 Å². The first-order chi connectivity index (χ1) is 26.4. The van der Waals surface area contributed by atoms with Gasteiger partial charge >= 0.3 is 0 Å². The Hall–Kier alpha value is -4.10. The Kier molecular flexibility index (Phi) is 13.9. The van der Waals surface area contributed by atoms with Gasteiger partial charge in [0.05, 0.1) is 38.0 Å². The van der Waals surface area contributed by atoms with Crippen molar-refractivity contribution in [2.24, 2.45) is 10.9 Å². The molecule has 4 aromatic rings. The molecule has 8 bridgehead atoms. The highest BCUT2D eigenvalue weighted by molar-refractivity contribution is 7.98. The molecule has 2 aliphatic rings. The maximum absolute atomic E-state index is 6.86. The van der Waals surface area contributed by atoms with E-state index in [9.17, 15) is 0 Å². The zero-order chi connectivity index (χ0) is 38.0. The monoisotopic (exact) mass is 749 g/mol. The van der Waals surface area contributed by atoms with Crippen molar-refractivity contribution in [3.05, 3.63) is 111 Å². The van der Waals surface area contributed by atoms with E-state index in [0.717, 1.165) is 110 Å². The Labute approximate surface area is 328 Å². The highest BCUT2D eigenvalue weighted by atomic mass is 32.2. The summed E-state index contributed by atoms with van der Waals surface area (Å²) in [5.41, 5.74) is 10.2. The summed E-state index contributed by atoms with van der Waals surface area (Å²) in [5, 5.41) is 0. The number of aliphatic imine (C=N–C) groups is 1. The number of nitrogens with zero attached hydrogens (tertiary/aromatic N) is 1. The van der Waals surface area contributed by atoms with Crippen LogP contribution in [0.2, 0.25) is 0 Å². The van der Waals surface area contributed by atoms with Gasteiger partial charge in [0, 0.05) is 36.1 Å². The molecule has 0 unspecified atom stereocenters.